The number of aromatic hydroxyl groups is 1. The van der Waals surface area contributed by atoms with Crippen molar-refractivity contribution in [2.45, 2.75) is 19.5 Å². The van der Waals surface area contributed by atoms with Crippen LogP contribution in [0, 0.1) is 6.92 Å². The molecular formula is C23H26N2O5. The first-order valence-electron chi connectivity index (χ1n) is 10.00. The molecule has 1 atom stereocenters. The highest BCUT2D eigenvalue weighted by Gasteiger charge is 2.30. The van der Waals surface area contributed by atoms with Crippen molar-refractivity contribution >= 4 is 0 Å². The summed E-state index contributed by atoms with van der Waals surface area (Å²) in [6.07, 6.45) is 1.59. The van der Waals surface area contributed by atoms with Crippen LogP contribution in [0.3, 0.4) is 0 Å². The minimum atomic E-state index is -0.393. The summed E-state index contributed by atoms with van der Waals surface area (Å²) >= 11 is 0. The van der Waals surface area contributed by atoms with Gasteiger partial charge in [-0.1, -0.05) is 12.1 Å². The zero-order chi connectivity index (χ0) is 21.1. The second-order valence-corrected chi connectivity index (χ2v) is 7.38. The number of rotatable bonds is 6. The normalized spacial score (nSPS) is 15.8. The molecule has 1 fully saturated rings. The molecule has 0 amide bonds. The molecule has 3 heterocycles. The molecule has 0 bridgehead atoms. The van der Waals surface area contributed by atoms with Gasteiger partial charge in [-0.3, -0.25) is 9.69 Å². The Labute approximate surface area is 175 Å². The lowest BCUT2D eigenvalue weighted by molar-refractivity contribution is 0.0232. The molecule has 0 unspecified atom stereocenters. The van der Waals surface area contributed by atoms with Gasteiger partial charge in [-0.2, -0.15) is 0 Å². The number of morpholine rings is 1. The highest BCUT2D eigenvalue weighted by Crippen LogP contribution is 2.34. The van der Waals surface area contributed by atoms with Crippen molar-refractivity contribution < 1.29 is 19.0 Å². The molecule has 4 rings (SSSR count). The third-order valence-electron chi connectivity index (χ3n) is 5.53. The molecule has 7 nitrogen and oxygen atoms in total. The van der Waals surface area contributed by atoms with Crippen LogP contribution < -0.4 is 10.3 Å². The Morgan fingerprint density at radius 2 is 1.90 bits per heavy atom. The van der Waals surface area contributed by atoms with E-state index in [0.29, 0.717) is 49.9 Å². The highest BCUT2D eigenvalue weighted by atomic mass is 16.5. The van der Waals surface area contributed by atoms with Crippen molar-refractivity contribution in [1.82, 2.24) is 9.47 Å². The summed E-state index contributed by atoms with van der Waals surface area (Å²) in [7, 11) is 1.62. The first kappa shape index (κ1) is 20.3. The number of hydrogen-bond donors (Lipinski definition) is 1. The minimum Gasteiger partial charge on any atom is -0.507 e. The Balaban J connectivity index is 1.83. The molecule has 1 saturated heterocycles. The van der Waals surface area contributed by atoms with Gasteiger partial charge in [-0.25, -0.2) is 0 Å². The molecule has 2 aromatic heterocycles. The third kappa shape index (κ3) is 3.99. The van der Waals surface area contributed by atoms with Crippen molar-refractivity contribution in [2.75, 3.05) is 33.4 Å². The van der Waals surface area contributed by atoms with E-state index >= 15 is 0 Å². The van der Waals surface area contributed by atoms with Crippen LogP contribution in [0.25, 0.3) is 0 Å². The fourth-order valence-electron chi connectivity index (χ4n) is 3.96. The average Bonchev–Trinajstić information content (AvgIpc) is 3.28. The van der Waals surface area contributed by atoms with Gasteiger partial charge in [0.05, 0.1) is 44.7 Å². The summed E-state index contributed by atoms with van der Waals surface area (Å²) < 4.78 is 17.9. The number of benzene rings is 1. The minimum absolute atomic E-state index is 0.000467. The molecule has 0 aliphatic carbocycles. The van der Waals surface area contributed by atoms with Gasteiger partial charge in [0, 0.05) is 18.8 Å². The number of ether oxygens (including phenoxy) is 2. The van der Waals surface area contributed by atoms with Crippen LogP contribution in [0.5, 0.6) is 11.5 Å². The van der Waals surface area contributed by atoms with Crippen LogP contribution in [0.15, 0.2) is 57.9 Å². The molecule has 0 spiro atoms. The molecule has 30 heavy (non-hydrogen) atoms. The number of hydrogen-bond acceptors (Lipinski definition) is 6. The second-order valence-electron chi connectivity index (χ2n) is 7.38. The third-order valence-corrected chi connectivity index (χ3v) is 5.53. The summed E-state index contributed by atoms with van der Waals surface area (Å²) in [6, 6.07) is 12.5. The van der Waals surface area contributed by atoms with Crippen molar-refractivity contribution in [1.29, 1.82) is 0 Å². The van der Waals surface area contributed by atoms with E-state index in [1.807, 2.05) is 37.3 Å². The topological polar surface area (TPSA) is 77.1 Å². The Morgan fingerprint density at radius 1 is 1.17 bits per heavy atom. The fraction of sp³-hybridized carbons (Fsp3) is 0.348. The van der Waals surface area contributed by atoms with E-state index in [1.165, 1.54) is 0 Å². The molecule has 0 radical (unpaired) electrons. The molecule has 1 N–H and O–H groups in total. The van der Waals surface area contributed by atoms with E-state index in [-0.39, 0.29) is 11.3 Å². The van der Waals surface area contributed by atoms with E-state index in [4.69, 9.17) is 13.9 Å². The SMILES string of the molecule is COc1ccc([C@H](c2c(O)cc(C)n(Cc3ccco3)c2=O)N2CCOCC2)cc1. The molecule has 7 heteroatoms. The summed E-state index contributed by atoms with van der Waals surface area (Å²) in [5.41, 5.74) is 1.72. The highest BCUT2D eigenvalue weighted by molar-refractivity contribution is 5.42. The summed E-state index contributed by atoms with van der Waals surface area (Å²) in [5.74, 6) is 1.42. The molecule has 0 saturated carbocycles. The first-order valence-corrected chi connectivity index (χ1v) is 10.00. The molecule has 1 aliphatic heterocycles. The zero-order valence-electron chi connectivity index (χ0n) is 17.2. The van der Waals surface area contributed by atoms with Gasteiger partial charge < -0.3 is 23.6 Å². The number of pyridine rings is 1. The molecule has 158 valence electrons. The van der Waals surface area contributed by atoms with Gasteiger partial charge in [-0.15, -0.1) is 0 Å². The molecule has 1 aliphatic rings. The van der Waals surface area contributed by atoms with Crippen molar-refractivity contribution in [3.63, 3.8) is 0 Å². The maximum absolute atomic E-state index is 13.6. The maximum Gasteiger partial charge on any atom is 0.260 e. The van der Waals surface area contributed by atoms with Crippen LogP contribution in [-0.2, 0) is 11.3 Å². The molecular weight excluding hydrogens is 384 g/mol. The van der Waals surface area contributed by atoms with Crippen molar-refractivity contribution in [3.8, 4) is 11.5 Å². The number of nitrogens with zero attached hydrogens (tertiary/aromatic N) is 2. The maximum atomic E-state index is 13.6. The van der Waals surface area contributed by atoms with E-state index in [1.54, 1.807) is 30.1 Å². The number of furan rings is 1. The second kappa shape index (κ2) is 8.77. The number of aromatic nitrogens is 1. The van der Waals surface area contributed by atoms with E-state index < -0.39 is 6.04 Å². The number of aryl methyl sites for hydroxylation is 1. The monoisotopic (exact) mass is 410 g/mol. The van der Waals surface area contributed by atoms with E-state index in [0.717, 1.165) is 11.3 Å². The quantitative estimate of drug-likeness (QED) is 0.673. The van der Waals surface area contributed by atoms with Gasteiger partial charge in [0.2, 0.25) is 0 Å². The first-order chi connectivity index (χ1) is 14.6. The fourth-order valence-corrected chi connectivity index (χ4v) is 3.96. The Bertz CT molecular complexity index is 1030. The van der Waals surface area contributed by atoms with Gasteiger partial charge in [0.1, 0.15) is 17.3 Å². The van der Waals surface area contributed by atoms with Crippen LogP contribution in [-0.4, -0.2) is 48.0 Å². The standard InChI is InChI=1S/C23H26N2O5/c1-16-14-20(26)21(23(27)25(16)15-19-4-3-11-30-19)22(24-9-12-29-13-10-24)17-5-7-18(28-2)8-6-17/h3-8,11,14,22,26H,9-10,12-13,15H2,1-2H3/t22-/m1/s1. The number of methoxy groups -OCH3 is 1. The van der Waals surface area contributed by atoms with Gasteiger partial charge in [-0.05, 0) is 42.8 Å². The smallest absolute Gasteiger partial charge is 0.260 e. The zero-order valence-corrected chi connectivity index (χ0v) is 17.2. The van der Waals surface area contributed by atoms with Crippen molar-refractivity contribution in [3.05, 3.63) is 81.7 Å². The van der Waals surface area contributed by atoms with Crippen LogP contribution in [0.1, 0.15) is 28.6 Å². The van der Waals surface area contributed by atoms with Crippen LogP contribution in [0.2, 0.25) is 0 Å². The summed E-state index contributed by atoms with van der Waals surface area (Å²) in [4.78, 5) is 15.8. The van der Waals surface area contributed by atoms with E-state index in [9.17, 15) is 9.90 Å². The molecule has 3 aromatic rings. The van der Waals surface area contributed by atoms with E-state index in [2.05, 4.69) is 4.90 Å². The van der Waals surface area contributed by atoms with Gasteiger partial charge in [0.15, 0.2) is 0 Å². The lowest BCUT2D eigenvalue weighted by atomic mass is 9.96. The predicted molar refractivity (Wildman–Crippen MR) is 112 cm³/mol. The van der Waals surface area contributed by atoms with Crippen LogP contribution in [0.4, 0.5) is 0 Å². The predicted octanol–water partition coefficient (Wildman–Crippen LogP) is 2.93. The average molecular weight is 410 g/mol. The summed E-state index contributed by atoms with van der Waals surface area (Å²) in [5, 5.41) is 10.9. The Morgan fingerprint density at radius 3 is 2.53 bits per heavy atom. The van der Waals surface area contributed by atoms with Gasteiger partial charge >= 0.3 is 0 Å². The molecule has 1 aromatic carbocycles. The Hall–Kier alpha value is -3.03. The van der Waals surface area contributed by atoms with Crippen molar-refractivity contribution in [2.24, 2.45) is 0 Å². The van der Waals surface area contributed by atoms with Crippen LogP contribution >= 0.6 is 0 Å². The Kier molecular flexibility index (Phi) is 5.92. The van der Waals surface area contributed by atoms with Gasteiger partial charge in [0.25, 0.3) is 5.56 Å². The largest absolute Gasteiger partial charge is 0.507 e. The lowest BCUT2D eigenvalue weighted by Gasteiger charge is -2.35. The lowest BCUT2D eigenvalue weighted by Crippen LogP contribution is -2.42. The summed E-state index contributed by atoms with van der Waals surface area (Å²) in [6.45, 7) is 4.62.